The van der Waals surface area contributed by atoms with Crippen LogP contribution in [0.4, 0.5) is 0 Å². The molecular weight excluding hydrogens is 210 g/mol. The van der Waals surface area contributed by atoms with Crippen LogP contribution in [0.3, 0.4) is 0 Å². The Morgan fingerprint density at radius 3 is 2.12 bits per heavy atom. The molecule has 0 bridgehead atoms. The number of aliphatic carboxylic acids is 2. The molecule has 0 aliphatic carbocycles. The second-order valence-corrected chi connectivity index (χ2v) is 4.26. The van der Waals surface area contributed by atoms with E-state index in [1.54, 1.807) is 0 Å². The van der Waals surface area contributed by atoms with E-state index in [4.69, 9.17) is 19.8 Å². The molecule has 1 rings (SSSR count). The van der Waals surface area contributed by atoms with Crippen molar-refractivity contribution in [2.75, 3.05) is 6.54 Å². The Bertz CT molecular complexity index is 208. The van der Waals surface area contributed by atoms with Crippen LogP contribution in [-0.2, 0) is 9.59 Å². The van der Waals surface area contributed by atoms with Crippen LogP contribution >= 0.6 is 0 Å². The molecular formula is C11H21NO4. The minimum absolute atomic E-state index is 0.794. The molecule has 1 atom stereocenters. The average molecular weight is 231 g/mol. The molecule has 94 valence electrons. The molecule has 1 aliphatic heterocycles. The summed E-state index contributed by atoms with van der Waals surface area (Å²) >= 11 is 0. The van der Waals surface area contributed by atoms with Gasteiger partial charge in [0, 0.05) is 6.04 Å². The smallest absolute Gasteiger partial charge is 0.414 e. The van der Waals surface area contributed by atoms with Gasteiger partial charge in [0.1, 0.15) is 0 Å². The third-order valence-electron chi connectivity index (χ3n) is 2.59. The zero-order valence-corrected chi connectivity index (χ0v) is 9.90. The maximum atomic E-state index is 9.10. The summed E-state index contributed by atoms with van der Waals surface area (Å²) in [6.45, 7) is 5.86. The molecule has 1 heterocycles. The molecule has 0 aromatic rings. The van der Waals surface area contributed by atoms with Gasteiger partial charge < -0.3 is 15.5 Å². The Labute approximate surface area is 95.9 Å². The van der Waals surface area contributed by atoms with Gasteiger partial charge >= 0.3 is 11.9 Å². The lowest BCUT2D eigenvalue weighted by Gasteiger charge is -2.19. The Morgan fingerprint density at radius 2 is 1.69 bits per heavy atom. The summed E-state index contributed by atoms with van der Waals surface area (Å²) in [6, 6.07) is 0.794. The van der Waals surface area contributed by atoms with Crippen LogP contribution in [0.1, 0.15) is 39.5 Å². The van der Waals surface area contributed by atoms with E-state index >= 15 is 0 Å². The summed E-state index contributed by atoms with van der Waals surface area (Å²) in [5, 5.41) is 18.4. The Balaban J connectivity index is 0.000000325. The molecule has 0 amide bonds. The van der Waals surface area contributed by atoms with Gasteiger partial charge in [0.25, 0.3) is 0 Å². The normalized spacial score (nSPS) is 20.6. The van der Waals surface area contributed by atoms with Gasteiger partial charge in [-0.2, -0.15) is 0 Å². The van der Waals surface area contributed by atoms with Crippen molar-refractivity contribution in [1.29, 1.82) is 0 Å². The maximum absolute atomic E-state index is 9.10. The molecule has 5 nitrogen and oxygen atoms in total. The quantitative estimate of drug-likeness (QED) is 0.593. The zero-order chi connectivity index (χ0) is 12.6. The lowest BCUT2D eigenvalue weighted by Crippen LogP contribution is -2.32. The molecule has 0 radical (unpaired) electrons. The highest BCUT2D eigenvalue weighted by molar-refractivity contribution is 6.27. The number of hydrogen-bond donors (Lipinski definition) is 3. The fourth-order valence-corrected chi connectivity index (χ4v) is 1.62. The SMILES string of the molecule is CC(C)C1CCCCCN1.O=C(O)C(=O)O. The van der Waals surface area contributed by atoms with Crippen molar-refractivity contribution in [1.82, 2.24) is 5.32 Å². The Morgan fingerprint density at radius 1 is 1.12 bits per heavy atom. The van der Waals surface area contributed by atoms with Crippen LogP contribution < -0.4 is 5.32 Å². The second-order valence-electron chi connectivity index (χ2n) is 4.26. The summed E-state index contributed by atoms with van der Waals surface area (Å²) in [6.07, 6.45) is 5.62. The number of carboxylic acid groups (broad SMARTS) is 2. The van der Waals surface area contributed by atoms with Gasteiger partial charge in [-0.25, -0.2) is 9.59 Å². The summed E-state index contributed by atoms with van der Waals surface area (Å²) in [4.78, 5) is 18.2. The van der Waals surface area contributed by atoms with Crippen LogP contribution in [0.25, 0.3) is 0 Å². The molecule has 3 N–H and O–H groups in total. The first-order valence-electron chi connectivity index (χ1n) is 5.64. The van der Waals surface area contributed by atoms with Crippen molar-refractivity contribution in [2.24, 2.45) is 5.92 Å². The molecule has 0 aromatic carbocycles. The van der Waals surface area contributed by atoms with Gasteiger partial charge in [0.15, 0.2) is 0 Å². The van der Waals surface area contributed by atoms with E-state index in [2.05, 4.69) is 19.2 Å². The number of rotatable bonds is 1. The summed E-state index contributed by atoms with van der Waals surface area (Å²) in [5.74, 6) is -2.83. The van der Waals surface area contributed by atoms with E-state index in [-0.39, 0.29) is 0 Å². The van der Waals surface area contributed by atoms with Crippen LogP contribution in [-0.4, -0.2) is 34.7 Å². The van der Waals surface area contributed by atoms with E-state index in [9.17, 15) is 0 Å². The first kappa shape index (κ1) is 14.9. The molecule has 5 heteroatoms. The van der Waals surface area contributed by atoms with Crippen LogP contribution in [0.5, 0.6) is 0 Å². The molecule has 0 saturated carbocycles. The average Bonchev–Trinajstić information content (AvgIpc) is 2.46. The summed E-state index contributed by atoms with van der Waals surface area (Å²) in [5.41, 5.74) is 0. The Hall–Kier alpha value is -1.10. The minimum atomic E-state index is -1.82. The van der Waals surface area contributed by atoms with Gasteiger partial charge in [0.2, 0.25) is 0 Å². The number of nitrogens with one attached hydrogen (secondary N) is 1. The lowest BCUT2D eigenvalue weighted by atomic mass is 10.00. The number of carboxylic acids is 2. The zero-order valence-electron chi connectivity index (χ0n) is 9.90. The Kier molecular flexibility index (Phi) is 7.54. The third-order valence-corrected chi connectivity index (χ3v) is 2.59. The number of carbonyl (C=O) groups is 2. The highest BCUT2D eigenvalue weighted by Crippen LogP contribution is 2.14. The highest BCUT2D eigenvalue weighted by atomic mass is 16.4. The molecule has 1 fully saturated rings. The molecule has 1 unspecified atom stereocenters. The van der Waals surface area contributed by atoms with Crippen molar-refractivity contribution in [2.45, 2.75) is 45.6 Å². The number of hydrogen-bond acceptors (Lipinski definition) is 3. The molecule has 0 aromatic heterocycles. The third kappa shape index (κ3) is 7.23. The van der Waals surface area contributed by atoms with Crippen molar-refractivity contribution in [3.05, 3.63) is 0 Å². The molecule has 0 spiro atoms. The van der Waals surface area contributed by atoms with E-state index in [1.165, 1.54) is 32.2 Å². The molecule has 16 heavy (non-hydrogen) atoms. The van der Waals surface area contributed by atoms with E-state index in [0.29, 0.717) is 0 Å². The van der Waals surface area contributed by atoms with E-state index < -0.39 is 11.9 Å². The predicted molar refractivity (Wildman–Crippen MR) is 60.4 cm³/mol. The van der Waals surface area contributed by atoms with Gasteiger partial charge in [-0.1, -0.05) is 26.7 Å². The van der Waals surface area contributed by atoms with Crippen LogP contribution in [0.15, 0.2) is 0 Å². The van der Waals surface area contributed by atoms with E-state index in [0.717, 1.165) is 12.0 Å². The van der Waals surface area contributed by atoms with Crippen molar-refractivity contribution >= 4 is 11.9 Å². The van der Waals surface area contributed by atoms with Crippen LogP contribution in [0, 0.1) is 5.92 Å². The first-order valence-corrected chi connectivity index (χ1v) is 5.64. The maximum Gasteiger partial charge on any atom is 0.414 e. The standard InChI is InChI=1S/C9H19N.C2H2O4/c1-8(2)9-6-4-3-5-7-10-9;3-1(4)2(5)6/h8-10H,3-7H2,1-2H3;(H,3,4)(H,5,6). The van der Waals surface area contributed by atoms with Gasteiger partial charge in [-0.3, -0.25) is 0 Å². The first-order chi connectivity index (χ1) is 7.45. The van der Waals surface area contributed by atoms with Crippen molar-refractivity contribution in [3.8, 4) is 0 Å². The lowest BCUT2D eigenvalue weighted by molar-refractivity contribution is -0.159. The van der Waals surface area contributed by atoms with Crippen LogP contribution in [0.2, 0.25) is 0 Å². The second kappa shape index (κ2) is 8.10. The summed E-state index contributed by atoms with van der Waals surface area (Å²) < 4.78 is 0. The minimum Gasteiger partial charge on any atom is -0.473 e. The van der Waals surface area contributed by atoms with Gasteiger partial charge in [0.05, 0.1) is 0 Å². The van der Waals surface area contributed by atoms with Crippen molar-refractivity contribution < 1.29 is 19.8 Å². The largest absolute Gasteiger partial charge is 0.473 e. The molecule has 1 aliphatic rings. The van der Waals surface area contributed by atoms with E-state index in [1.807, 2.05) is 0 Å². The highest BCUT2D eigenvalue weighted by Gasteiger charge is 2.13. The monoisotopic (exact) mass is 231 g/mol. The van der Waals surface area contributed by atoms with Crippen molar-refractivity contribution in [3.63, 3.8) is 0 Å². The molecule has 1 saturated heterocycles. The fourth-order valence-electron chi connectivity index (χ4n) is 1.62. The predicted octanol–water partition coefficient (Wildman–Crippen LogP) is 1.33. The van der Waals surface area contributed by atoms with Gasteiger partial charge in [-0.15, -0.1) is 0 Å². The van der Waals surface area contributed by atoms with Gasteiger partial charge in [-0.05, 0) is 25.3 Å². The topological polar surface area (TPSA) is 86.6 Å². The fraction of sp³-hybridized carbons (Fsp3) is 0.818. The summed E-state index contributed by atoms with van der Waals surface area (Å²) in [7, 11) is 0.